The summed E-state index contributed by atoms with van der Waals surface area (Å²) in [5.41, 5.74) is 0. The summed E-state index contributed by atoms with van der Waals surface area (Å²) < 4.78 is 2.23. The molecule has 1 aromatic heterocycles. The van der Waals surface area contributed by atoms with Crippen molar-refractivity contribution in [1.29, 1.82) is 5.26 Å². The largest absolute Gasteiger partial charge is 0.333 e. The highest BCUT2D eigenvalue weighted by Gasteiger charge is 2.31. The van der Waals surface area contributed by atoms with Crippen LogP contribution in [0.4, 0.5) is 0 Å². The number of fused-ring (bicyclic) bond motifs is 1. The van der Waals surface area contributed by atoms with Crippen LogP contribution >= 0.6 is 0 Å². The summed E-state index contributed by atoms with van der Waals surface area (Å²) in [5, 5.41) is 9.37. The van der Waals surface area contributed by atoms with E-state index in [4.69, 9.17) is 0 Å². The molecule has 3 rings (SSSR count). The molecule has 0 amide bonds. The van der Waals surface area contributed by atoms with E-state index < -0.39 is 0 Å². The van der Waals surface area contributed by atoms with E-state index in [9.17, 15) is 5.26 Å². The van der Waals surface area contributed by atoms with Crippen LogP contribution in [0.15, 0.2) is 12.4 Å². The molecule has 96 valence electrons. The van der Waals surface area contributed by atoms with Crippen molar-refractivity contribution in [2.24, 2.45) is 5.92 Å². The summed E-state index contributed by atoms with van der Waals surface area (Å²) in [5.74, 6) is 1.37. The zero-order valence-corrected chi connectivity index (χ0v) is 10.8. The summed E-state index contributed by atoms with van der Waals surface area (Å²) in [6, 6.07) is 2.99. The summed E-state index contributed by atoms with van der Waals surface area (Å²) >= 11 is 0. The molecule has 0 radical (unpaired) electrons. The third-order valence-corrected chi connectivity index (χ3v) is 4.39. The molecule has 0 bridgehead atoms. The summed E-state index contributed by atoms with van der Waals surface area (Å²) in [7, 11) is 0. The first-order valence-electron chi connectivity index (χ1n) is 7.02. The molecule has 0 N–H and O–H groups in total. The van der Waals surface area contributed by atoms with Gasteiger partial charge in [-0.3, -0.25) is 4.90 Å². The molecule has 1 aromatic rings. The van der Waals surface area contributed by atoms with Crippen LogP contribution in [0.25, 0.3) is 0 Å². The Labute approximate surface area is 108 Å². The lowest BCUT2D eigenvalue weighted by Gasteiger charge is -2.36. The van der Waals surface area contributed by atoms with Gasteiger partial charge in [-0.1, -0.05) is 19.3 Å². The fourth-order valence-corrected chi connectivity index (χ4v) is 3.35. The quantitative estimate of drug-likeness (QED) is 0.711. The topological polar surface area (TPSA) is 44.9 Å². The molecule has 4 heteroatoms. The van der Waals surface area contributed by atoms with Gasteiger partial charge in [0.1, 0.15) is 5.82 Å². The molecule has 0 aromatic carbocycles. The van der Waals surface area contributed by atoms with Crippen LogP contribution in [0.1, 0.15) is 37.9 Å². The van der Waals surface area contributed by atoms with Crippen molar-refractivity contribution in [3.63, 3.8) is 0 Å². The van der Waals surface area contributed by atoms with Crippen molar-refractivity contribution in [3.8, 4) is 6.07 Å². The van der Waals surface area contributed by atoms with Crippen molar-refractivity contribution in [1.82, 2.24) is 14.5 Å². The lowest BCUT2D eigenvalue weighted by atomic mass is 9.94. The van der Waals surface area contributed by atoms with Gasteiger partial charge in [-0.15, -0.1) is 0 Å². The van der Waals surface area contributed by atoms with E-state index in [-0.39, 0.29) is 5.92 Å². The van der Waals surface area contributed by atoms with Gasteiger partial charge >= 0.3 is 0 Å². The van der Waals surface area contributed by atoms with Crippen LogP contribution in [-0.4, -0.2) is 27.0 Å². The number of nitriles is 1. The fraction of sp³-hybridized carbons (Fsp3) is 0.714. The molecule has 1 aliphatic carbocycles. The maximum Gasteiger partial charge on any atom is 0.122 e. The molecule has 1 fully saturated rings. The first kappa shape index (κ1) is 11.7. The lowest BCUT2D eigenvalue weighted by Crippen LogP contribution is -2.44. The maximum atomic E-state index is 9.37. The van der Waals surface area contributed by atoms with Crippen molar-refractivity contribution >= 4 is 0 Å². The van der Waals surface area contributed by atoms with E-state index >= 15 is 0 Å². The molecule has 1 aliphatic heterocycles. The summed E-state index contributed by atoms with van der Waals surface area (Å²) in [6.07, 6.45) is 9.97. The van der Waals surface area contributed by atoms with Crippen LogP contribution in [0.5, 0.6) is 0 Å². The number of imidazole rings is 1. The molecule has 0 spiro atoms. The van der Waals surface area contributed by atoms with Crippen molar-refractivity contribution in [2.45, 2.75) is 51.2 Å². The summed E-state index contributed by atoms with van der Waals surface area (Å²) in [6.45, 7) is 2.99. The molecule has 2 atom stereocenters. The Kier molecular flexibility index (Phi) is 3.33. The Balaban J connectivity index is 1.76. The van der Waals surface area contributed by atoms with Crippen molar-refractivity contribution in [2.75, 3.05) is 6.54 Å². The Hall–Kier alpha value is -1.34. The highest BCUT2D eigenvalue weighted by atomic mass is 15.3. The molecule has 2 unspecified atom stereocenters. The minimum atomic E-state index is 0.217. The van der Waals surface area contributed by atoms with Gasteiger partial charge in [0.15, 0.2) is 0 Å². The van der Waals surface area contributed by atoms with Crippen molar-refractivity contribution < 1.29 is 0 Å². The van der Waals surface area contributed by atoms with Crippen LogP contribution in [-0.2, 0) is 13.1 Å². The Morgan fingerprint density at radius 2 is 2.11 bits per heavy atom. The average molecular weight is 244 g/mol. The monoisotopic (exact) mass is 244 g/mol. The zero-order chi connectivity index (χ0) is 12.4. The van der Waals surface area contributed by atoms with Gasteiger partial charge in [0.05, 0.1) is 18.5 Å². The first-order valence-corrected chi connectivity index (χ1v) is 7.02. The van der Waals surface area contributed by atoms with E-state index in [1.54, 1.807) is 0 Å². The predicted molar refractivity (Wildman–Crippen MR) is 68.6 cm³/mol. The second kappa shape index (κ2) is 5.11. The van der Waals surface area contributed by atoms with Gasteiger partial charge in [0.25, 0.3) is 0 Å². The third-order valence-electron chi connectivity index (χ3n) is 4.39. The van der Waals surface area contributed by atoms with Gasteiger partial charge in [0, 0.05) is 31.5 Å². The number of nitrogens with zero attached hydrogens (tertiary/aromatic N) is 4. The molecular formula is C14H20N4. The highest BCUT2D eigenvalue weighted by Crippen LogP contribution is 2.29. The predicted octanol–water partition coefficient (Wildman–Crippen LogP) is 2.17. The molecular weight excluding hydrogens is 224 g/mol. The zero-order valence-electron chi connectivity index (χ0n) is 10.8. The molecule has 18 heavy (non-hydrogen) atoms. The van der Waals surface area contributed by atoms with Gasteiger partial charge < -0.3 is 4.57 Å². The Bertz CT molecular complexity index is 445. The van der Waals surface area contributed by atoms with Crippen molar-refractivity contribution in [3.05, 3.63) is 18.2 Å². The minimum Gasteiger partial charge on any atom is -0.333 e. The van der Waals surface area contributed by atoms with Crippen LogP contribution < -0.4 is 0 Å². The minimum absolute atomic E-state index is 0.217. The third kappa shape index (κ3) is 2.15. The second-order valence-electron chi connectivity index (χ2n) is 5.45. The van der Waals surface area contributed by atoms with Crippen LogP contribution in [0, 0.1) is 17.2 Å². The second-order valence-corrected chi connectivity index (χ2v) is 5.45. The number of hydrogen-bond acceptors (Lipinski definition) is 3. The SMILES string of the molecule is N#CC1CCCCCC1N1CCn2ccnc2C1. The van der Waals surface area contributed by atoms with E-state index in [0.717, 1.165) is 31.9 Å². The Morgan fingerprint density at radius 1 is 1.22 bits per heavy atom. The molecule has 0 saturated heterocycles. The van der Waals surface area contributed by atoms with E-state index in [1.807, 2.05) is 6.20 Å². The lowest BCUT2D eigenvalue weighted by molar-refractivity contribution is 0.118. The van der Waals surface area contributed by atoms with Gasteiger partial charge in [-0.2, -0.15) is 5.26 Å². The van der Waals surface area contributed by atoms with E-state index in [0.29, 0.717) is 6.04 Å². The molecule has 2 aliphatic rings. The first-order chi connectivity index (χ1) is 8.88. The number of rotatable bonds is 1. The highest BCUT2D eigenvalue weighted by molar-refractivity contribution is 5.00. The summed E-state index contributed by atoms with van der Waals surface area (Å²) in [4.78, 5) is 6.90. The fourth-order valence-electron chi connectivity index (χ4n) is 3.35. The molecule has 1 saturated carbocycles. The van der Waals surface area contributed by atoms with E-state index in [2.05, 4.69) is 26.7 Å². The molecule has 4 nitrogen and oxygen atoms in total. The average Bonchev–Trinajstić information content (AvgIpc) is 2.74. The van der Waals surface area contributed by atoms with Gasteiger partial charge in [-0.25, -0.2) is 4.98 Å². The van der Waals surface area contributed by atoms with Gasteiger partial charge in [-0.05, 0) is 12.8 Å². The van der Waals surface area contributed by atoms with Crippen LogP contribution in [0.2, 0.25) is 0 Å². The maximum absolute atomic E-state index is 9.37. The van der Waals surface area contributed by atoms with E-state index in [1.165, 1.54) is 25.7 Å². The van der Waals surface area contributed by atoms with Gasteiger partial charge in [0.2, 0.25) is 0 Å². The molecule has 2 heterocycles. The Morgan fingerprint density at radius 3 is 3.00 bits per heavy atom. The standard InChI is InChI=1S/C14H20N4/c15-10-12-4-2-1-3-5-13(12)18-9-8-17-7-6-16-14(17)11-18/h6-7,12-13H,1-5,8-9,11H2. The number of hydrogen-bond donors (Lipinski definition) is 0. The number of aromatic nitrogens is 2. The normalized spacial score (nSPS) is 29.3. The van der Waals surface area contributed by atoms with Crippen LogP contribution in [0.3, 0.4) is 0 Å². The smallest absolute Gasteiger partial charge is 0.122 e.